The van der Waals surface area contributed by atoms with Crippen molar-refractivity contribution in [3.8, 4) is 5.88 Å². The average molecular weight is 423 g/mol. The Balaban J connectivity index is 1.84. The van der Waals surface area contributed by atoms with Gasteiger partial charge in [-0.25, -0.2) is 8.78 Å². The fourth-order valence-corrected chi connectivity index (χ4v) is 2.67. The maximum atomic E-state index is 13.7. The van der Waals surface area contributed by atoms with Crippen molar-refractivity contribution in [2.45, 2.75) is 20.1 Å². The van der Waals surface area contributed by atoms with E-state index in [2.05, 4.69) is 30.9 Å². The van der Waals surface area contributed by atoms with E-state index in [1.165, 1.54) is 16.8 Å². The third-order valence-electron chi connectivity index (χ3n) is 3.59. The molecule has 1 aromatic carbocycles. The summed E-state index contributed by atoms with van der Waals surface area (Å²) in [5.41, 5.74) is 0.396. The number of halogens is 3. The van der Waals surface area contributed by atoms with Gasteiger partial charge in [0.25, 0.3) is 5.56 Å². The molecule has 0 aliphatic heterocycles. The van der Waals surface area contributed by atoms with Crippen LogP contribution in [0.1, 0.15) is 17.1 Å². The standard InChI is InChI=1S/C17H13BrF2N4O2/c1-10-23-16(26-9-11-2-3-12(19)6-14(11)20)15(18)17(25)24(10)8-13-7-21-4-5-22-13/h2-7H,8-9H2,1H3. The zero-order chi connectivity index (χ0) is 18.7. The number of hydrogen-bond donors (Lipinski definition) is 0. The molecule has 0 unspecified atom stereocenters. The Labute approximate surface area is 155 Å². The number of aryl methyl sites for hydroxylation is 1. The molecule has 26 heavy (non-hydrogen) atoms. The molecule has 0 aliphatic carbocycles. The topological polar surface area (TPSA) is 69.9 Å². The van der Waals surface area contributed by atoms with Gasteiger partial charge in [-0.1, -0.05) is 0 Å². The summed E-state index contributed by atoms with van der Waals surface area (Å²) in [7, 11) is 0. The summed E-state index contributed by atoms with van der Waals surface area (Å²) in [6, 6.07) is 3.18. The Morgan fingerprint density at radius 1 is 1.27 bits per heavy atom. The first-order valence-corrected chi connectivity index (χ1v) is 8.33. The van der Waals surface area contributed by atoms with Crippen molar-refractivity contribution >= 4 is 15.9 Å². The maximum Gasteiger partial charge on any atom is 0.272 e. The molecule has 0 saturated heterocycles. The van der Waals surface area contributed by atoms with Gasteiger partial charge in [0.2, 0.25) is 5.88 Å². The summed E-state index contributed by atoms with van der Waals surface area (Å²) in [5, 5.41) is 0. The highest BCUT2D eigenvalue weighted by molar-refractivity contribution is 9.10. The summed E-state index contributed by atoms with van der Waals surface area (Å²) < 4.78 is 33.6. The first-order valence-electron chi connectivity index (χ1n) is 7.54. The Hall–Kier alpha value is -2.68. The molecule has 0 saturated carbocycles. The summed E-state index contributed by atoms with van der Waals surface area (Å²) in [6.45, 7) is 1.66. The molecule has 2 heterocycles. The molecule has 0 N–H and O–H groups in total. The van der Waals surface area contributed by atoms with Crippen molar-refractivity contribution < 1.29 is 13.5 Å². The summed E-state index contributed by atoms with van der Waals surface area (Å²) in [4.78, 5) is 24.9. The molecular formula is C17H13BrF2N4O2. The van der Waals surface area contributed by atoms with Crippen LogP contribution in [0.5, 0.6) is 5.88 Å². The highest BCUT2D eigenvalue weighted by atomic mass is 79.9. The molecule has 3 rings (SSSR count). The molecule has 0 spiro atoms. The number of rotatable bonds is 5. The Morgan fingerprint density at radius 2 is 2.08 bits per heavy atom. The van der Waals surface area contributed by atoms with Crippen molar-refractivity contribution in [2.24, 2.45) is 0 Å². The Bertz CT molecular complexity index is 996. The van der Waals surface area contributed by atoms with Crippen LogP contribution in [0.25, 0.3) is 0 Å². The monoisotopic (exact) mass is 422 g/mol. The van der Waals surface area contributed by atoms with E-state index in [0.29, 0.717) is 11.5 Å². The SMILES string of the molecule is Cc1nc(OCc2ccc(F)cc2F)c(Br)c(=O)n1Cc1cnccn1. The normalized spacial score (nSPS) is 10.8. The van der Waals surface area contributed by atoms with Gasteiger partial charge in [0.05, 0.1) is 18.4 Å². The van der Waals surface area contributed by atoms with Crippen LogP contribution in [-0.4, -0.2) is 19.5 Å². The van der Waals surface area contributed by atoms with Gasteiger partial charge >= 0.3 is 0 Å². The van der Waals surface area contributed by atoms with Gasteiger partial charge in [-0.2, -0.15) is 4.98 Å². The predicted octanol–water partition coefficient (Wildman–Crippen LogP) is 3.01. The second-order valence-corrected chi connectivity index (χ2v) is 6.18. The molecule has 6 nitrogen and oxygen atoms in total. The van der Waals surface area contributed by atoms with Crippen LogP contribution in [0.4, 0.5) is 8.78 Å². The predicted molar refractivity (Wildman–Crippen MR) is 92.8 cm³/mol. The molecule has 0 atom stereocenters. The molecule has 9 heteroatoms. The first kappa shape index (κ1) is 18.1. The van der Waals surface area contributed by atoms with Crippen LogP contribution in [0.2, 0.25) is 0 Å². The number of nitrogens with zero attached hydrogens (tertiary/aromatic N) is 4. The van der Waals surface area contributed by atoms with Gasteiger partial charge in [0.15, 0.2) is 0 Å². The Morgan fingerprint density at radius 3 is 2.77 bits per heavy atom. The largest absolute Gasteiger partial charge is 0.472 e. The van der Waals surface area contributed by atoms with Gasteiger partial charge in [-0.3, -0.25) is 19.3 Å². The molecule has 0 amide bonds. The number of ether oxygens (including phenoxy) is 1. The summed E-state index contributed by atoms with van der Waals surface area (Å²) >= 11 is 3.17. The quantitative estimate of drug-likeness (QED) is 0.631. The number of benzene rings is 1. The Kier molecular flexibility index (Phi) is 5.36. The minimum absolute atomic E-state index is 0.0339. The van der Waals surface area contributed by atoms with Gasteiger partial charge in [-0.15, -0.1) is 0 Å². The molecule has 134 valence electrons. The summed E-state index contributed by atoms with van der Waals surface area (Å²) in [5.74, 6) is -0.966. The number of hydrogen-bond acceptors (Lipinski definition) is 5. The van der Waals surface area contributed by atoms with Crippen LogP contribution >= 0.6 is 15.9 Å². The van der Waals surface area contributed by atoms with E-state index >= 15 is 0 Å². The lowest BCUT2D eigenvalue weighted by Crippen LogP contribution is -2.26. The van der Waals surface area contributed by atoms with E-state index in [4.69, 9.17) is 4.74 Å². The van der Waals surface area contributed by atoms with Crippen LogP contribution in [0.15, 0.2) is 46.1 Å². The van der Waals surface area contributed by atoms with Gasteiger partial charge in [0.1, 0.15) is 28.5 Å². The smallest absolute Gasteiger partial charge is 0.272 e. The molecule has 0 radical (unpaired) electrons. The van der Waals surface area contributed by atoms with Crippen molar-refractivity contribution in [1.29, 1.82) is 0 Å². The molecule has 0 fully saturated rings. The minimum atomic E-state index is -0.728. The molecule has 0 aliphatic rings. The molecule has 2 aromatic heterocycles. The second-order valence-electron chi connectivity index (χ2n) is 5.39. The van der Waals surface area contributed by atoms with E-state index in [0.717, 1.165) is 12.1 Å². The lowest BCUT2D eigenvalue weighted by atomic mass is 10.2. The summed E-state index contributed by atoms with van der Waals surface area (Å²) in [6.07, 6.45) is 4.63. The third kappa shape index (κ3) is 3.93. The van der Waals surface area contributed by atoms with Crippen LogP contribution in [0, 0.1) is 18.6 Å². The van der Waals surface area contributed by atoms with E-state index in [1.54, 1.807) is 19.3 Å². The zero-order valence-corrected chi connectivity index (χ0v) is 15.2. The van der Waals surface area contributed by atoms with Crippen molar-refractivity contribution in [3.05, 3.63) is 80.3 Å². The number of aromatic nitrogens is 4. The molecule has 3 aromatic rings. The highest BCUT2D eigenvalue weighted by Crippen LogP contribution is 2.21. The van der Waals surface area contributed by atoms with Crippen molar-refractivity contribution in [1.82, 2.24) is 19.5 Å². The average Bonchev–Trinajstić information content (AvgIpc) is 2.63. The van der Waals surface area contributed by atoms with Crippen LogP contribution in [-0.2, 0) is 13.2 Å². The highest BCUT2D eigenvalue weighted by Gasteiger charge is 2.15. The van der Waals surface area contributed by atoms with Gasteiger partial charge in [0, 0.05) is 24.0 Å². The van der Waals surface area contributed by atoms with Crippen molar-refractivity contribution in [2.75, 3.05) is 0 Å². The van der Waals surface area contributed by atoms with Crippen LogP contribution in [0.3, 0.4) is 0 Å². The minimum Gasteiger partial charge on any atom is -0.472 e. The van der Waals surface area contributed by atoms with E-state index < -0.39 is 11.6 Å². The lowest BCUT2D eigenvalue weighted by Gasteiger charge is -2.13. The zero-order valence-electron chi connectivity index (χ0n) is 13.6. The second kappa shape index (κ2) is 7.69. The lowest BCUT2D eigenvalue weighted by molar-refractivity contribution is 0.282. The van der Waals surface area contributed by atoms with Gasteiger partial charge < -0.3 is 4.74 Å². The molecule has 0 bridgehead atoms. The van der Waals surface area contributed by atoms with Crippen LogP contribution < -0.4 is 10.3 Å². The van der Waals surface area contributed by atoms with E-state index in [1.807, 2.05) is 0 Å². The first-order chi connectivity index (χ1) is 12.5. The maximum absolute atomic E-state index is 13.7. The van der Waals surface area contributed by atoms with Crippen molar-refractivity contribution in [3.63, 3.8) is 0 Å². The van der Waals surface area contributed by atoms with E-state index in [9.17, 15) is 13.6 Å². The fraction of sp³-hybridized carbons (Fsp3) is 0.176. The van der Waals surface area contributed by atoms with E-state index in [-0.39, 0.29) is 34.6 Å². The fourth-order valence-electron chi connectivity index (χ4n) is 2.25. The molecular weight excluding hydrogens is 410 g/mol. The van der Waals surface area contributed by atoms with Gasteiger partial charge in [-0.05, 0) is 35.0 Å². The third-order valence-corrected chi connectivity index (χ3v) is 4.27.